The summed E-state index contributed by atoms with van der Waals surface area (Å²) in [5, 5.41) is 22.0. The number of carbonyl (C=O) groups excluding carboxylic acids is 1. The smallest absolute Gasteiger partial charge is 0.395 e. The third-order valence-corrected chi connectivity index (χ3v) is 1.68. The molecule has 88 valence electrons. The first kappa shape index (κ1) is 12.2. The number of nitro groups is 1. The minimum Gasteiger partial charge on any atom is -0.395 e. The molecular formula is C9H12N2O5. The van der Waals surface area contributed by atoms with Crippen LogP contribution in [-0.2, 0) is 0 Å². The number of aliphatic hydroxyl groups is 1. The first-order valence-electron chi connectivity index (χ1n) is 4.54. The van der Waals surface area contributed by atoms with E-state index < -0.39 is 22.3 Å². The summed E-state index contributed by atoms with van der Waals surface area (Å²) in [6, 6.07) is 2.30. The molecule has 0 aromatic carbocycles. The quantitative estimate of drug-likeness (QED) is 0.582. The third-order valence-electron chi connectivity index (χ3n) is 1.68. The number of hydrogen-bond acceptors (Lipinski definition) is 5. The summed E-state index contributed by atoms with van der Waals surface area (Å²) in [6.07, 6.45) is 0. The molecule has 0 aliphatic rings. The molecule has 0 radical (unpaired) electrons. The molecule has 1 amide bonds. The molecule has 1 aromatic heterocycles. The van der Waals surface area contributed by atoms with Crippen molar-refractivity contribution in [2.75, 3.05) is 6.54 Å². The maximum absolute atomic E-state index is 11.4. The highest BCUT2D eigenvalue weighted by molar-refractivity contribution is 5.91. The molecule has 16 heavy (non-hydrogen) atoms. The normalized spacial score (nSPS) is 11.2. The molecule has 0 spiro atoms. The molecule has 0 saturated heterocycles. The fourth-order valence-electron chi connectivity index (χ4n) is 0.932. The van der Waals surface area contributed by atoms with E-state index in [0.29, 0.717) is 0 Å². The van der Waals surface area contributed by atoms with Crippen molar-refractivity contribution in [3.8, 4) is 0 Å². The number of amides is 1. The molecular weight excluding hydrogens is 216 g/mol. The number of hydrogen-bond donors (Lipinski definition) is 2. The zero-order chi connectivity index (χ0) is 12.3. The zero-order valence-electron chi connectivity index (χ0n) is 8.89. The van der Waals surface area contributed by atoms with E-state index in [1.165, 1.54) is 19.9 Å². The zero-order valence-corrected chi connectivity index (χ0v) is 8.89. The molecule has 0 aliphatic carbocycles. The van der Waals surface area contributed by atoms with Crippen LogP contribution in [0.15, 0.2) is 16.5 Å². The lowest BCUT2D eigenvalue weighted by molar-refractivity contribution is -0.402. The van der Waals surface area contributed by atoms with Crippen LogP contribution in [0.1, 0.15) is 24.4 Å². The van der Waals surface area contributed by atoms with Gasteiger partial charge in [-0.15, -0.1) is 0 Å². The van der Waals surface area contributed by atoms with Crippen molar-refractivity contribution in [3.05, 3.63) is 28.0 Å². The molecule has 1 heterocycles. The summed E-state index contributed by atoms with van der Waals surface area (Å²) in [7, 11) is 0. The van der Waals surface area contributed by atoms with E-state index in [4.69, 9.17) is 0 Å². The van der Waals surface area contributed by atoms with Crippen LogP contribution in [0.3, 0.4) is 0 Å². The van der Waals surface area contributed by atoms with Gasteiger partial charge in [0.1, 0.15) is 4.92 Å². The summed E-state index contributed by atoms with van der Waals surface area (Å²) in [4.78, 5) is 21.0. The van der Waals surface area contributed by atoms with Gasteiger partial charge in [0.05, 0.1) is 11.7 Å². The molecule has 7 nitrogen and oxygen atoms in total. The highest BCUT2D eigenvalue weighted by Crippen LogP contribution is 2.15. The Labute approximate surface area is 91.2 Å². The molecule has 0 aliphatic heterocycles. The van der Waals surface area contributed by atoms with Crippen LogP contribution in [0.2, 0.25) is 0 Å². The number of nitrogens with zero attached hydrogens (tertiary/aromatic N) is 1. The second-order valence-electron chi connectivity index (χ2n) is 3.89. The van der Waals surface area contributed by atoms with E-state index in [-0.39, 0.29) is 12.3 Å². The summed E-state index contributed by atoms with van der Waals surface area (Å²) in [5.41, 5.74) is -1.05. The Morgan fingerprint density at radius 3 is 2.69 bits per heavy atom. The summed E-state index contributed by atoms with van der Waals surface area (Å²) in [6.45, 7) is 3.08. The van der Waals surface area contributed by atoms with Gasteiger partial charge in [0.25, 0.3) is 5.91 Å². The van der Waals surface area contributed by atoms with Gasteiger partial charge in [-0.1, -0.05) is 0 Å². The van der Waals surface area contributed by atoms with Gasteiger partial charge in [0.2, 0.25) is 0 Å². The van der Waals surface area contributed by atoms with Crippen LogP contribution in [0.25, 0.3) is 0 Å². The van der Waals surface area contributed by atoms with Gasteiger partial charge in [-0.05, 0) is 19.9 Å². The molecule has 0 unspecified atom stereocenters. The standard InChI is InChI=1S/C9H12N2O5/c1-9(2,13)5-10-8(12)6-3-4-7(16-6)11(14)15/h3-4,13H,5H2,1-2H3,(H,10,12). The van der Waals surface area contributed by atoms with Crippen LogP contribution >= 0.6 is 0 Å². The van der Waals surface area contributed by atoms with Crippen molar-refractivity contribution in [1.29, 1.82) is 0 Å². The topological polar surface area (TPSA) is 106 Å². The van der Waals surface area contributed by atoms with Gasteiger partial charge in [-0.2, -0.15) is 0 Å². The number of rotatable bonds is 4. The Morgan fingerprint density at radius 2 is 2.25 bits per heavy atom. The Morgan fingerprint density at radius 1 is 1.62 bits per heavy atom. The van der Waals surface area contributed by atoms with Crippen molar-refractivity contribution in [3.63, 3.8) is 0 Å². The highest BCUT2D eigenvalue weighted by atomic mass is 16.6. The van der Waals surface area contributed by atoms with E-state index in [1.54, 1.807) is 0 Å². The van der Waals surface area contributed by atoms with E-state index in [0.717, 1.165) is 6.07 Å². The van der Waals surface area contributed by atoms with Gasteiger partial charge in [0, 0.05) is 6.54 Å². The van der Waals surface area contributed by atoms with E-state index in [2.05, 4.69) is 9.73 Å². The Bertz CT molecular complexity index is 404. The van der Waals surface area contributed by atoms with Crippen LogP contribution < -0.4 is 5.32 Å². The lowest BCUT2D eigenvalue weighted by Gasteiger charge is -2.16. The van der Waals surface area contributed by atoms with Gasteiger partial charge >= 0.3 is 5.88 Å². The minimum absolute atomic E-state index is 0.0281. The van der Waals surface area contributed by atoms with Crippen molar-refractivity contribution < 1.29 is 19.2 Å². The third kappa shape index (κ3) is 3.35. The summed E-state index contributed by atoms with van der Waals surface area (Å²) < 4.78 is 4.68. The van der Waals surface area contributed by atoms with E-state index >= 15 is 0 Å². The molecule has 0 bridgehead atoms. The minimum atomic E-state index is -1.05. The summed E-state index contributed by atoms with van der Waals surface area (Å²) in [5.74, 6) is -1.25. The van der Waals surface area contributed by atoms with Crippen molar-refractivity contribution in [1.82, 2.24) is 5.32 Å². The predicted octanol–water partition coefficient (Wildman–Crippen LogP) is 0.689. The van der Waals surface area contributed by atoms with Crippen LogP contribution in [0.5, 0.6) is 0 Å². The van der Waals surface area contributed by atoms with Crippen molar-refractivity contribution >= 4 is 11.8 Å². The van der Waals surface area contributed by atoms with Gasteiger partial charge in [0.15, 0.2) is 5.76 Å². The van der Waals surface area contributed by atoms with Crippen molar-refractivity contribution in [2.45, 2.75) is 19.4 Å². The maximum Gasteiger partial charge on any atom is 0.433 e. The molecule has 1 rings (SSSR count). The molecule has 1 aromatic rings. The second kappa shape index (κ2) is 4.31. The van der Waals surface area contributed by atoms with Crippen LogP contribution in [0.4, 0.5) is 5.88 Å². The largest absolute Gasteiger partial charge is 0.433 e. The fourth-order valence-corrected chi connectivity index (χ4v) is 0.932. The van der Waals surface area contributed by atoms with Gasteiger partial charge in [-0.3, -0.25) is 14.9 Å². The number of furan rings is 1. The van der Waals surface area contributed by atoms with Gasteiger partial charge in [-0.25, -0.2) is 0 Å². The lowest BCUT2D eigenvalue weighted by Crippen LogP contribution is -2.38. The first-order chi connectivity index (χ1) is 7.29. The van der Waals surface area contributed by atoms with Crippen molar-refractivity contribution in [2.24, 2.45) is 0 Å². The fraction of sp³-hybridized carbons (Fsp3) is 0.444. The highest BCUT2D eigenvalue weighted by Gasteiger charge is 2.19. The van der Waals surface area contributed by atoms with Crippen LogP contribution in [0, 0.1) is 10.1 Å². The maximum atomic E-state index is 11.4. The SMILES string of the molecule is CC(C)(O)CNC(=O)c1ccc([N+](=O)[O-])o1. The average Bonchev–Trinajstić information content (AvgIpc) is 2.61. The molecule has 2 N–H and O–H groups in total. The van der Waals surface area contributed by atoms with E-state index in [1.807, 2.05) is 0 Å². The monoisotopic (exact) mass is 228 g/mol. The number of carbonyl (C=O) groups is 1. The predicted molar refractivity (Wildman–Crippen MR) is 54.0 cm³/mol. The van der Waals surface area contributed by atoms with Gasteiger partial charge < -0.3 is 14.8 Å². The molecule has 0 saturated carbocycles. The molecule has 0 atom stereocenters. The average molecular weight is 228 g/mol. The van der Waals surface area contributed by atoms with E-state index in [9.17, 15) is 20.0 Å². The molecule has 7 heteroatoms. The molecule has 0 fully saturated rings. The summed E-state index contributed by atoms with van der Waals surface area (Å²) >= 11 is 0. The first-order valence-corrected chi connectivity index (χ1v) is 4.54. The number of nitrogens with one attached hydrogen (secondary N) is 1. The lowest BCUT2D eigenvalue weighted by atomic mass is 10.1. The second-order valence-corrected chi connectivity index (χ2v) is 3.89. The Kier molecular flexibility index (Phi) is 3.28. The Hall–Kier alpha value is -1.89. The van der Waals surface area contributed by atoms with Crippen LogP contribution in [-0.4, -0.2) is 28.1 Å². The Balaban J connectivity index is 2.63.